The van der Waals surface area contributed by atoms with Gasteiger partial charge in [-0.3, -0.25) is 14.6 Å². The number of amides is 2. The molecule has 0 aromatic carbocycles. The molecule has 5 nitrogen and oxygen atoms in total. The Morgan fingerprint density at radius 1 is 1.18 bits per heavy atom. The summed E-state index contributed by atoms with van der Waals surface area (Å²) in [4.78, 5) is 30.7. The fourth-order valence-corrected chi connectivity index (χ4v) is 1.90. The van der Waals surface area contributed by atoms with Crippen LogP contribution in [0.15, 0.2) is 24.5 Å². The smallest absolute Gasteiger partial charge is 0.255 e. The van der Waals surface area contributed by atoms with Gasteiger partial charge in [-0.2, -0.15) is 0 Å². The highest BCUT2D eigenvalue weighted by atomic mass is 16.2. The molecule has 1 aliphatic rings. The summed E-state index contributed by atoms with van der Waals surface area (Å²) in [7, 11) is 0. The summed E-state index contributed by atoms with van der Waals surface area (Å²) in [5.41, 5.74) is 0.601. The van der Waals surface area contributed by atoms with Crippen LogP contribution in [0.4, 0.5) is 0 Å². The molecule has 2 heterocycles. The quantitative estimate of drug-likeness (QED) is 0.705. The molecule has 2 amide bonds. The van der Waals surface area contributed by atoms with Gasteiger partial charge in [-0.25, -0.2) is 0 Å². The first-order valence-corrected chi connectivity index (χ1v) is 5.63. The maximum Gasteiger partial charge on any atom is 0.255 e. The van der Waals surface area contributed by atoms with Gasteiger partial charge >= 0.3 is 0 Å². The van der Waals surface area contributed by atoms with Crippen LogP contribution < -0.4 is 0 Å². The third-order valence-electron chi connectivity index (χ3n) is 2.92. The van der Waals surface area contributed by atoms with Crippen molar-refractivity contribution in [2.24, 2.45) is 0 Å². The predicted molar refractivity (Wildman–Crippen MR) is 62.4 cm³/mol. The van der Waals surface area contributed by atoms with Gasteiger partial charge in [-0.15, -0.1) is 0 Å². The summed E-state index contributed by atoms with van der Waals surface area (Å²) in [5, 5.41) is 0. The van der Waals surface area contributed by atoms with E-state index in [2.05, 4.69) is 4.98 Å². The third kappa shape index (κ3) is 2.61. The number of rotatable bonds is 1. The van der Waals surface area contributed by atoms with Gasteiger partial charge < -0.3 is 9.80 Å². The number of aromatic nitrogens is 1. The van der Waals surface area contributed by atoms with Crippen LogP contribution in [0, 0.1) is 0 Å². The molecule has 0 N–H and O–H groups in total. The number of nitrogens with zero attached hydrogens (tertiary/aromatic N) is 3. The van der Waals surface area contributed by atoms with Crippen LogP contribution in [0.1, 0.15) is 17.3 Å². The zero-order valence-electron chi connectivity index (χ0n) is 9.80. The number of hydrogen-bond acceptors (Lipinski definition) is 3. The Kier molecular flexibility index (Phi) is 3.37. The van der Waals surface area contributed by atoms with Crippen molar-refractivity contribution in [3.63, 3.8) is 0 Å². The van der Waals surface area contributed by atoms with E-state index in [0.29, 0.717) is 31.7 Å². The van der Waals surface area contributed by atoms with Crippen LogP contribution in [0.5, 0.6) is 0 Å². The Morgan fingerprint density at radius 3 is 2.35 bits per heavy atom. The van der Waals surface area contributed by atoms with Crippen molar-refractivity contribution in [1.82, 2.24) is 14.8 Å². The van der Waals surface area contributed by atoms with E-state index < -0.39 is 0 Å². The van der Waals surface area contributed by atoms with Gasteiger partial charge in [0.1, 0.15) is 0 Å². The Bertz CT molecular complexity index is 411. The van der Waals surface area contributed by atoms with E-state index in [-0.39, 0.29) is 11.8 Å². The molecule has 2 rings (SSSR count). The summed E-state index contributed by atoms with van der Waals surface area (Å²) in [6, 6.07) is 3.51. The highest BCUT2D eigenvalue weighted by molar-refractivity contribution is 5.94. The van der Waals surface area contributed by atoms with Gasteiger partial charge in [0.15, 0.2) is 0 Å². The van der Waals surface area contributed by atoms with Crippen molar-refractivity contribution in [3.8, 4) is 0 Å². The summed E-state index contributed by atoms with van der Waals surface area (Å²) >= 11 is 0. The van der Waals surface area contributed by atoms with Crippen molar-refractivity contribution in [2.75, 3.05) is 26.2 Å². The molecule has 0 aliphatic carbocycles. The van der Waals surface area contributed by atoms with Crippen LogP contribution >= 0.6 is 0 Å². The average molecular weight is 233 g/mol. The van der Waals surface area contributed by atoms with E-state index >= 15 is 0 Å². The highest BCUT2D eigenvalue weighted by Crippen LogP contribution is 2.07. The standard InChI is InChI=1S/C12H15N3O2/c1-10(16)14-5-7-15(8-6-14)12(17)11-3-2-4-13-9-11/h2-4,9H,5-8H2,1H3. The van der Waals surface area contributed by atoms with Gasteiger partial charge in [0.25, 0.3) is 5.91 Å². The van der Waals surface area contributed by atoms with Crippen LogP contribution in [0.2, 0.25) is 0 Å². The third-order valence-corrected chi connectivity index (χ3v) is 2.92. The van der Waals surface area contributed by atoms with E-state index in [9.17, 15) is 9.59 Å². The second-order valence-corrected chi connectivity index (χ2v) is 4.04. The number of pyridine rings is 1. The average Bonchev–Trinajstić information content (AvgIpc) is 2.39. The minimum Gasteiger partial charge on any atom is -0.339 e. The molecule has 90 valence electrons. The maximum atomic E-state index is 12.1. The maximum absolute atomic E-state index is 12.1. The van der Waals surface area contributed by atoms with Gasteiger partial charge in [0.05, 0.1) is 5.56 Å². The molecule has 0 atom stereocenters. The van der Waals surface area contributed by atoms with Crippen molar-refractivity contribution in [2.45, 2.75) is 6.92 Å². The van der Waals surface area contributed by atoms with E-state index in [1.165, 1.54) is 0 Å². The summed E-state index contributed by atoms with van der Waals surface area (Å²) in [5.74, 6) is 0.0554. The van der Waals surface area contributed by atoms with Crippen molar-refractivity contribution < 1.29 is 9.59 Å². The highest BCUT2D eigenvalue weighted by Gasteiger charge is 2.22. The molecule has 5 heteroatoms. The van der Waals surface area contributed by atoms with Crippen molar-refractivity contribution in [1.29, 1.82) is 0 Å². The first kappa shape index (κ1) is 11.6. The molecule has 0 spiro atoms. The predicted octanol–water partition coefficient (Wildman–Crippen LogP) is 0.386. The molecule has 1 fully saturated rings. The largest absolute Gasteiger partial charge is 0.339 e. The second kappa shape index (κ2) is 4.95. The number of piperazine rings is 1. The van der Waals surface area contributed by atoms with Gasteiger partial charge in [0.2, 0.25) is 5.91 Å². The van der Waals surface area contributed by atoms with E-state index in [1.54, 1.807) is 41.2 Å². The molecule has 0 radical (unpaired) electrons. The molecule has 1 aliphatic heterocycles. The molecule has 1 saturated heterocycles. The lowest BCUT2D eigenvalue weighted by Crippen LogP contribution is -2.50. The Hall–Kier alpha value is -1.91. The molecule has 0 bridgehead atoms. The minimum atomic E-state index is -0.0127. The molecule has 17 heavy (non-hydrogen) atoms. The minimum absolute atomic E-state index is 0.0127. The fourth-order valence-electron chi connectivity index (χ4n) is 1.90. The SMILES string of the molecule is CC(=O)N1CCN(C(=O)c2cccnc2)CC1. The number of carbonyl (C=O) groups is 2. The zero-order valence-corrected chi connectivity index (χ0v) is 9.80. The van der Waals surface area contributed by atoms with E-state index in [4.69, 9.17) is 0 Å². The van der Waals surface area contributed by atoms with Crippen LogP contribution in [-0.2, 0) is 4.79 Å². The topological polar surface area (TPSA) is 53.5 Å². The molecular formula is C12H15N3O2. The Morgan fingerprint density at radius 2 is 1.82 bits per heavy atom. The van der Waals surface area contributed by atoms with E-state index in [0.717, 1.165) is 0 Å². The fraction of sp³-hybridized carbons (Fsp3) is 0.417. The monoisotopic (exact) mass is 233 g/mol. The van der Waals surface area contributed by atoms with Gasteiger partial charge in [-0.05, 0) is 12.1 Å². The van der Waals surface area contributed by atoms with Crippen molar-refractivity contribution in [3.05, 3.63) is 30.1 Å². The van der Waals surface area contributed by atoms with Gasteiger partial charge in [0, 0.05) is 45.5 Å². The summed E-state index contributed by atoms with van der Waals surface area (Å²) < 4.78 is 0. The van der Waals surface area contributed by atoms with Crippen LogP contribution in [0.25, 0.3) is 0 Å². The van der Waals surface area contributed by atoms with E-state index in [1.807, 2.05) is 0 Å². The molecule has 1 aromatic heterocycles. The Labute approximate surface area is 100 Å². The van der Waals surface area contributed by atoms with Crippen LogP contribution in [0.3, 0.4) is 0 Å². The summed E-state index contributed by atoms with van der Waals surface area (Å²) in [6.45, 7) is 3.96. The molecule has 0 saturated carbocycles. The second-order valence-electron chi connectivity index (χ2n) is 4.04. The Balaban J connectivity index is 1.98. The molecule has 0 unspecified atom stereocenters. The summed E-state index contributed by atoms with van der Waals surface area (Å²) in [6.07, 6.45) is 3.21. The first-order valence-electron chi connectivity index (χ1n) is 5.63. The number of hydrogen-bond donors (Lipinski definition) is 0. The normalized spacial score (nSPS) is 15.8. The number of carbonyl (C=O) groups excluding carboxylic acids is 2. The van der Waals surface area contributed by atoms with Gasteiger partial charge in [-0.1, -0.05) is 0 Å². The lowest BCUT2D eigenvalue weighted by molar-refractivity contribution is -0.130. The molecular weight excluding hydrogens is 218 g/mol. The van der Waals surface area contributed by atoms with Crippen molar-refractivity contribution >= 4 is 11.8 Å². The lowest BCUT2D eigenvalue weighted by Gasteiger charge is -2.34. The first-order chi connectivity index (χ1) is 8.18. The van der Waals surface area contributed by atoms with Crippen LogP contribution in [-0.4, -0.2) is 52.8 Å². The lowest BCUT2D eigenvalue weighted by atomic mass is 10.2. The molecule has 1 aromatic rings. The zero-order chi connectivity index (χ0) is 12.3.